The first kappa shape index (κ1) is 16.8. The van der Waals surface area contributed by atoms with Crippen molar-refractivity contribution in [1.82, 2.24) is 5.32 Å². The number of fused-ring (bicyclic) bond motifs is 6. The molecule has 2 aromatic carbocycles. The SMILES string of the molecule is O=C(NC12CCC(O)(CC1)CC2)OCC1c2ccccc2-c2ccccc21. The molecule has 3 fully saturated rings. The number of aliphatic hydroxyl groups is 1. The first-order chi connectivity index (χ1) is 13.1. The summed E-state index contributed by atoms with van der Waals surface area (Å²) in [5, 5.41) is 13.5. The Morgan fingerprint density at radius 1 is 0.926 bits per heavy atom. The van der Waals surface area contributed by atoms with Gasteiger partial charge in [0.2, 0.25) is 0 Å². The fraction of sp³-hybridized carbons (Fsp3) is 0.435. The molecular weight excluding hydrogens is 338 g/mol. The molecule has 4 nitrogen and oxygen atoms in total. The van der Waals surface area contributed by atoms with Gasteiger partial charge in [0.1, 0.15) is 6.61 Å². The molecule has 140 valence electrons. The molecule has 2 aromatic rings. The van der Waals surface area contributed by atoms with Gasteiger partial charge >= 0.3 is 6.09 Å². The first-order valence-corrected chi connectivity index (χ1v) is 9.93. The molecule has 4 heteroatoms. The van der Waals surface area contributed by atoms with Crippen molar-refractivity contribution in [2.45, 2.75) is 55.6 Å². The van der Waals surface area contributed by atoms with E-state index in [1.807, 2.05) is 12.1 Å². The van der Waals surface area contributed by atoms with Crippen LogP contribution in [-0.4, -0.2) is 28.9 Å². The van der Waals surface area contributed by atoms with E-state index in [1.165, 1.54) is 22.3 Å². The summed E-state index contributed by atoms with van der Waals surface area (Å²) in [5.74, 6) is 0.0865. The maximum Gasteiger partial charge on any atom is 0.407 e. The number of nitrogens with one attached hydrogen (secondary N) is 1. The second-order valence-corrected chi connectivity index (χ2v) is 8.46. The molecule has 2 N–H and O–H groups in total. The van der Waals surface area contributed by atoms with Crippen molar-refractivity contribution in [3.8, 4) is 11.1 Å². The van der Waals surface area contributed by atoms with Gasteiger partial charge in [-0.25, -0.2) is 4.79 Å². The van der Waals surface area contributed by atoms with Crippen LogP contribution in [0.25, 0.3) is 11.1 Å². The Morgan fingerprint density at radius 3 is 2.00 bits per heavy atom. The topological polar surface area (TPSA) is 58.6 Å². The fourth-order valence-electron chi connectivity index (χ4n) is 5.20. The molecule has 0 unspecified atom stereocenters. The maximum absolute atomic E-state index is 12.6. The summed E-state index contributed by atoms with van der Waals surface area (Å²) < 4.78 is 5.70. The molecule has 4 aliphatic rings. The van der Waals surface area contributed by atoms with E-state index < -0.39 is 5.60 Å². The van der Waals surface area contributed by atoms with Crippen LogP contribution in [0.15, 0.2) is 48.5 Å². The number of carbonyl (C=O) groups is 1. The number of ether oxygens (including phenoxy) is 1. The summed E-state index contributed by atoms with van der Waals surface area (Å²) in [6.45, 7) is 0.347. The number of amides is 1. The van der Waals surface area contributed by atoms with E-state index in [0.717, 1.165) is 38.5 Å². The lowest BCUT2D eigenvalue weighted by Crippen LogP contribution is -2.58. The fourth-order valence-corrected chi connectivity index (χ4v) is 5.20. The van der Waals surface area contributed by atoms with Gasteiger partial charge in [-0.05, 0) is 60.8 Å². The van der Waals surface area contributed by atoms with E-state index in [4.69, 9.17) is 4.74 Å². The van der Waals surface area contributed by atoms with Crippen LogP contribution in [0, 0.1) is 0 Å². The molecule has 0 radical (unpaired) electrons. The third-order valence-corrected chi connectivity index (χ3v) is 6.92. The molecule has 3 saturated carbocycles. The Kier molecular flexibility index (Phi) is 3.80. The highest BCUT2D eigenvalue weighted by Crippen LogP contribution is 2.47. The van der Waals surface area contributed by atoms with Gasteiger partial charge in [-0.2, -0.15) is 0 Å². The van der Waals surface area contributed by atoms with Crippen molar-refractivity contribution < 1.29 is 14.6 Å². The lowest BCUT2D eigenvalue weighted by molar-refractivity contribution is -0.0714. The van der Waals surface area contributed by atoms with Crippen LogP contribution >= 0.6 is 0 Å². The van der Waals surface area contributed by atoms with E-state index in [0.29, 0.717) is 6.61 Å². The summed E-state index contributed by atoms with van der Waals surface area (Å²) in [7, 11) is 0. The van der Waals surface area contributed by atoms with E-state index in [1.54, 1.807) is 0 Å². The zero-order valence-electron chi connectivity index (χ0n) is 15.4. The summed E-state index contributed by atoms with van der Waals surface area (Å²) in [6, 6.07) is 16.7. The first-order valence-electron chi connectivity index (χ1n) is 9.93. The molecule has 0 spiro atoms. The molecule has 0 aliphatic heterocycles. The Morgan fingerprint density at radius 2 is 1.44 bits per heavy atom. The minimum Gasteiger partial charge on any atom is -0.449 e. The van der Waals surface area contributed by atoms with Crippen LogP contribution in [0.2, 0.25) is 0 Å². The molecule has 2 bridgehead atoms. The molecule has 6 rings (SSSR count). The van der Waals surface area contributed by atoms with E-state index >= 15 is 0 Å². The van der Waals surface area contributed by atoms with Gasteiger partial charge in [0.05, 0.1) is 5.60 Å². The van der Waals surface area contributed by atoms with Gasteiger partial charge in [-0.15, -0.1) is 0 Å². The standard InChI is InChI=1S/C23H25NO3/c25-21(24-22-9-12-23(26,13-10-22)14-11-22)27-15-20-18-7-3-1-5-16(18)17-6-2-4-8-19(17)20/h1-8,20,26H,9-15H2,(H,24,25). The van der Waals surface area contributed by atoms with Crippen LogP contribution in [-0.2, 0) is 4.74 Å². The highest BCUT2D eigenvalue weighted by molar-refractivity contribution is 5.79. The number of hydrogen-bond acceptors (Lipinski definition) is 3. The van der Waals surface area contributed by atoms with Crippen molar-refractivity contribution in [3.63, 3.8) is 0 Å². The lowest BCUT2D eigenvalue weighted by Gasteiger charge is -2.50. The van der Waals surface area contributed by atoms with Crippen molar-refractivity contribution >= 4 is 6.09 Å². The smallest absolute Gasteiger partial charge is 0.407 e. The summed E-state index contributed by atoms with van der Waals surface area (Å²) in [6.07, 6.45) is 4.52. The molecule has 4 aliphatic carbocycles. The van der Waals surface area contributed by atoms with Gasteiger partial charge in [0, 0.05) is 11.5 Å². The van der Waals surface area contributed by atoms with Gasteiger partial charge in [0.15, 0.2) is 0 Å². The van der Waals surface area contributed by atoms with E-state index in [9.17, 15) is 9.90 Å². The van der Waals surface area contributed by atoms with Crippen molar-refractivity contribution in [3.05, 3.63) is 59.7 Å². The average molecular weight is 363 g/mol. The average Bonchev–Trinajstić information content (AvgIpc) is 3.02. The second-order valence-electron chi connectivity index (χ2n) is 8.46. The number of carbonyl (C=O) groups excluding carboxylic acids is 1. The summed E-state index contributed by atoms with van der Waals surface area (Å²) >= 11 is 0. The number of alkyl carbamates (subject to hydrolysis) is 1. The molecule has 27 heavy (non-hydrogen) atoms. The van der Waals surface area contributed by atoms with E-state index in [2.05, 4.69) is 41.7 Å². The van der Waals surface area contributed by atoms with Crippen LogP contribution in [0.4, 0.5) is 4.79 Å². The highest BCUT2D eigenvalue weighted by atomic mass is 16.5. The van der Waals surface area contributed by atoms with Gasteiger partial charge in [-0.1, -0.05) is 48.5 Å². The molecule has 1 amide bonds. The third kappa shape index (κ3) is 2.83. The Labute approximate surface area is 159 Å². The van der Waals surface area contributed by atoms with Gasteiger partial charge in [0.25, 0.3) is 0 Å². The minimum absolute atomic E-state index is 0.0865. The largest absolute Gasteiger partial charge is 0.449 e. The normalized spacial score (nSPS) is 28.5. The molecule has 0 aromatic heterocycles. The van der Waals surface area contributed by atoms with Crippen molar-refractivity contribution in [2.75, 3.05) is 6.61 Å². The van der Waals surface area contributed by atoms with Crippen LogP contribution in [0.1, 0.15) is 55.6 Å². The Bertz CT molecular complexity index is 821. The third-order valence-electron chi connectivity index (χ3n) is 6.92. The highest BCUT2D eigenvalue weighted by Gasteiger charge is 2.48. The second kappa shape index (κ2) is 6.10. The number of hydrogen-bond donors (Lipinski definition) is 2. The van der Waals surface area contributed by atoms with E-state index in [-0.39, 0.29) is 17.6 Å². The van der Waals surface area contributed by atoms with Gasteiger partial charge in [-0.3, -0.25) is 0 Å². The van der Waals surface area contributed by atoms with Crippen molar-refractivity contribution in [1.29, 1.82) is 0 Å². The van der Waals surface area contributed by atoms with Crippen LogP contribution in [0.3, 0.4) is 0 Å². The quantitative estimate of drug-likeness (QED) is 0.852. The maximum atomic E-state index is 12.6. The molecule has 0 saturated heterocycles. The zero-order chi connectivity index (χ0) is 18.5. The number of rotatable bonds is 3. The zero-order valence-corrected chi connectivity index (χ0v) is 15.4. The monoisotopic (exact) mass is 363 g/mol. The van der Waals surface area contributed by atoms with Crippen LogP contribution in [0.5, 0.6) is 0 Å². The molecule has 0 heterocycles. The lowest BCUT2D eigenvalue weighted by atomic mass is 9.63. The Hall–Kier alpha value is -2.33. The minimum atomic E-state index is -0.495. The summed E-state index contributed by atoms with van der Waals surface area (Å²) in [4.78, 5) is 12.6. The Balaban J connectivity index is 1.29. The van der Waals surface area contributed by atoms with Crippen molar-refractivity contribution in [2.24, 2.45) is 0 Å². The van der Waals surface area contributed by atoms with Crippen LogP contribution < -0.4 is 5.32 Å². The van der Waals surface area contributed by atoms with Gasteiger partial charge < -0.3 is 15.2 Å². The summed E-state index contributed by atoms with van der Waals surface area (Å²) in [5.41, 5.74) is 4.24. The molecular formula is C23H25NO3. The number of benzene rings is 2. The molecule has 0 atom stereocenters. The predicted octanol–water partition coefficient (Wildman–Crippen LogP) is 4.36. The predicted molar refractivity (Wildman–Crippen MR) is 104 cm³/mol.